The Kier molecular flexibility index (Phi) is 3.80. The van der Waals surface area contributed by atoms with Crippen LogP contribution in [0.1, 0.15) is 12.0 Å². The highest BCUT2D eigenvalue weighted by Crippen LogP contribution is 2.34. The van der Waals surface area contributed by atoms with Gasteiger partial charge in [-0.3, -0.25) is 0 Å². The molecule has 3 heteroatoms. The molecule has 0 aliphatic rings. The van der Waals surface area contributed by atoms with E-state index in [0.717, 1.165) is 18.7 Å². The Balaban J connectivity index is 2.30. The minimum absolute atomic E-state index is 0.998. The average molecular weight is 235 g/mol. The third-order valence-corrected chi connectivity index (χ3v) is 3.73. The zero-order valence-electron chi connectivity index (χ0n) is 9.75. The van der Waals surface area contributed by atoms with Crippen LogP contribution in [-0.4, -0.2) is 20.7 Å². The van der Waals surface area contributed by atoms with Crippen molar-refractivity contribution in [1.82, 2.24) is 5.32 Å². The van der Waals surface area contributed by atoms with Crippen LogP contribution in [0, 0.1) is 0 Å². The van der Waals surface area contributed by atoms with Gasteiger partial charge in [0, 0.05) is 10.1 Å². The van der Waals surface area contributed by atoms with Gasteiger partial charge < -0.3 is 10.1 Å². The molecule has 86 valence electrons. The van der Waals surface area contributed by atoms with Gasteiger partial charge in [-0.15, -0.1) is 11.3 Å². The van der Waals surface area contributed by atoms with Gasteiger partial charge in [-0.25, -0.2) is 0 Å². The molecule has 0 radical (unpaired) electrons. The normalized spacial score (nSPS) is 10.9. The molecule has 1 heterocycles. The van der Waals surface area contributed by atoms with Gasteiger partial charge in [0.05, 0.1) is 7.11 Å². The van der Waals surface area contributed by atoms with Crippen LogP contribution >= 0.6 is 11.3 Å². The quantitative estimate of drug-likeness (QED) is 0.804. The zero-order valence-corrected chi connectivity index (χ0v) is 10.6. The molecule has 0 bridgehead atoms. The second kappa shape index (κ2) is 5.32. The van der Waals surface area contributed by atoms with E-state index >= 15 is 0 Å². The first-order chi connectivity index (χ1) is 7.86. The van der Waals surface area contributed by atoms with Crippen molar-refractivity contribution >= 4 is 21.4 Å². The summed E-state index contributed by atoms with van der Waals surface area (Å²) in [5.74, 6) is 0.998. The van der Waals surface area contributed by atoms with Crippen LogP contribution in [0.25, 0.3) is 10.1 Å². The summed E-state index contributed by atoms with van der Waals surface area (Å²) in [7, 11) is 3.73. The molecule has 1 aromatic heterocycles. The van der Waals surface area contributed by atoms with Crippen LogP contribution in [0.2, 0.25) is 0 Å². The lowest BCUT2D eigenvalue weighted by Gasteiger charge is -2.04. The standard InChI is InChI=1S/C13H17NOS/c1-14-8-4-5-10-9-16-12-7-3-6-11(15-2)13(10)12/h3,6-7,9,14H,4-5,8H2,1-2H3. The minimum atomic E-state index is 0.998. The zero-order chi connectivity index (χ0) is 11.4. The van der Waals surface area contributed by atoms with E-state index < -0.39 is 0 Å². The van der Waals surface area contributed by atoms with Gasteiger partial charge in [-0.1, -0.05) is 6.07 Å². The fourth-order valence-corrected chi connectivity index (χ4v) is 2.94. The third kappa shape index (κ3) is 2.20. The topological polar surface area (TPSA) is 21.3 Å². The number of ether oxygens (including phenoxy) is 1. The molecule has 0 fully saturated rings. The molecule has 2 aromatic rings. The number of nitrogens with one attached hydrogen (secondary N) is 1. The molecule has 0 unspecified atom stereocenters. The van der Waals surface area contributed by atoms with Crippen molar-refractivity contribution in [3.63, 3.8) is 0 Å². The van der Waals surface area contributed by atoms with Crippen molar-refractivity contribution in [3.8, 4) is 5.75 Å². The van der Waals surface area contributed by atoms with Gasteiger partial charge in [0.25, 0.3) is 0 Å². The molecule has 0 atom stereocenters. The predicted octanol–water partition coefficient (Wildman–Crippen LogP) is 3.06. The molecule has 0 saturated heterocycles. The van der Waals surface area contributed by atoms with Gasteiger partial charge in [-0.05, 0) is 49.5 Å². The Bertz CT molecular complexity index is 464. The van der Waals surface area contributed by atoms with E-state index in [0.29, 0.717) is 0 Å². The summed E-state index contributed by atoms with van der Waals surface area (Å²) in [4.78, 5) is 0. The Labute approximate surface area is 100 Å². The highest BCUT2D eigenvalue weighted by Gasteiger charge is 2.08. The largest absolute Gasteiger partial charge is 0.496 e. The summed E-state index contributed by atoms with van der Waals surface area (Å²) in [5.41, 5.74) is 1.41. The van der Waals surface area contributed by atoms with Gasteiger partial charge in [0.2, 0.25) is 0 Å². The van der Waals surface area contributed by atoms with Crippen LogP contribution in [0.3, 0.4) is 0 Å². The summed E-state index contributed by atoms with van der Waals surface area (Å²) < 4.78 is 6.74. The maximum absolute atomic E-state index is 5.42. The number of benzene rings is 1. The van der Waals surface area contributed by atoms with E-state index in [-0.39, 0.29) is 0 Å². The lowest BCUT2D eigenvalue weighted by molar-refractivity contribution is 0.419. The average Bonchev–Trinajstić information content (AvgIpc) is 2.73. The monoisotopic (exact) mass is 235 g/mol. The van der Waals surface area contributed by atoms with Crippen molar-refractivity contribution in [2.24, 2.45) is 0 Å². The smallest absolute Gasteiger partial charge is 0.127 e. The molecule has 1 N–H and O–H groups in total. The van der Waals surface area contributed by atoms with Gasteiger partial charge in [-0.2, -0.15) is 0 Å². The molecule has 1 aromatic carbocycles. The number of thiophene rings is 1. The van der Waals surface area contributed by atoms with Crippen molar-refractivity contribution in [2.45, 2.75) is 12.8 Å². The summed E-state index contributed by atoms with van der Waals surface area (Å²) >= 11 is 1.80. The Morgan fingerprint density at radius 1 is 1.38 bits per heavy atom. The number of hydrogen-bond donors (Lipinski definition) is 1. The first-order valence-electron chi connectivity index (χ1n) is 5.54. The molecule has 2 rings (SSSR count). The van der Waals surface area contributed by atoms with Crippen LogP contribution in [-0.2, 0) is 6.42 Å². The number of rotatable bonds is 5. The first-order valence-corrected chi connectivity index (χ1v) is 6.42. The molecule has 0 aliphatic heterocycles. The molecule has 2 nitrogen and oxygen atoms in total. The van der Waals surface area contributed by atoms with E-state index in [9.17, 15) is 0 Å². The van der Waals surface area contributed by atoms with Crippen LogP contribution in [0.15, 0.2) is 23.6 Å². The van der Waals surface area contributed by atoms with Crippen molar-refractivity contribution < 1.29 is 4.74 Å². The summed E-state index contributed by atoms with van der Waals surface area (Å²) in [6.07, 6.45) is 2.28. The molecule has 0 saturated carbocycles. The van der Waals surface area contributed by atoms with Crippen LogP contribution < -0.4 is 10.1 Å². The highest BCUT2D eigenvalue weighted by molar-refractivity contribution is 7.17. The van der Waals surface area contributed by atoms with Gasteiger partial charge in [0.15, 0.2) is 0 Å². The summed E-state index contributed by atoms with van der Waals surface area (Å²) in [5, 5.41) is 6.73. The van der Waals surface area contributed by atoms with Crippen molar-refractivity contribution in [3.05, 3.63) is 29.1 Å². The molecular formula is C13H17NOS. The molecular weight excluding hydrogens is 218 g/mol. The second-order valence-electron chi connectivity index (χ2n) is 3.80. The number of fused-ring (bicyclic) bond motifs is 1. The summed E-state index contributed by atoms with van der Waals surface area (Å²) in [6.45, 7) is 1.06. The molecule has 0 amide bonds. The predicted molar refractivity (Wildman–Crippen MR) is 70.6 cm³/mol. The van der Waals surface area contributed by atoms with E-state index in [2.05, 4.69) is 22.8 Å². The number of hydrogen-bond acceptors (Lipinski definition) is 3. The van der Waals surface area contributed by atoms with Gasteiger partial charge >= 0.3 is 0 Å². The molecule has 0 aliphatic carbocycles. The second-order valence-corrected chi connectivity index (χ2v) is 4.71. The Hall–Kier alpha value is -1.06. The number of aryl methyl sites for hydroxylation is 1. The van der Waals surface area contributed by atoms with E-state index in [1.165, 1.54) is 22.1 Å². The van der Waals surface area contributed by atoms with Crippen molar-refractivity contribution in [1.29, 1.82) is 0 Å². The van der Waals surface area contributed by atoms with E-state index in [1.807, 2.05) is 13.1 Å². The third-order valence-electron chi connectivity index (χ3n) is 2.73. The Morgan fingerprint density at radius 3 is 3.00 bits per heavy atom. The Morgan fingerprint density at radius 2 is 2.25 bits per heavy atom. The van der Waals surface area contributed by atoms with E-state index in [1.54, 1.807) is 18.4 Å². The number of methoxy groups -OCH3 is 1. The highest BCUT2D eigenvalue weighted by atomic mass is 32.1. The van der Waals surface area contributed by atoms with E-state index in [4.69, 9.17) is 4.74 Å². The van der Waals surface area contributed by atoms with Crippen LogP contribution in [0.5, 0.6) is 5.75 Å². The SMILES string of the molecule is CNCCCc1csc2cccc(OC)c12. The lowest BCUT2D eigenvalue weighted by Crippen LogP contribution is -2.08. The molecule has 0 spiro atoms. The summed E-state index contributed by atoms with van der Waals surface area (Å²) in [6, 6.07) is 6.25. The van der Waals surface area contributed by atoms with Gasteiger partial charge in [0.1, 0.15) is 5.75 Å². The lowest BCUT2D eigenvalue weighted by atomic mass is 10.1. The minimum Gasteiger partial charge on any atom is -0.496 e. The first kappa shape index (κ1) is 11.4. The van der Waals surface area contributed by atoms with Crippen molar-refractivity contribution in [2.75, 3.05) is 20.7 Å². The van der Waals surface area contributed by atoms with Crippen LogP contribution in [0.4, 0.5) is 0 Å². The fraction of sp³-hybridized carbons (Fsp3) is 0.385. The fourth-order valence-electron chi connectivity index (χ4n) is 1.93. The maximum Gasteiger partial charge on any atom is 0.127 e. The molecule has 16 heavy (non-hydrogen) atoms. The maximum atomic E-state index is 5.42.